The van der Waals surface area contributed by atoms with Crippen LogP contribution in [0.2, 0.25) is 0 Å². The lowest BCUT2D eigenvalue weighted by Gasteiger charge is -2.20. The molecule has 80 valence electrons. The first-order valence-corrected chi connectivity index (χ1v) is 6.25. The van der Waals surface area contributed by atoms with Crippen LogP contribution in [-0.4, -0.2) is 6.54 Å². The van der Waals surface area contributed by atoms with E-state index in [1.165, 1.54) is 16.9 Å². The Morgan fingerprint density at radius 2 is 1.56 bits per heavy atom. The highest BCUT2D eigenvalue weighted by atomic mass is 79.9. The second-order valence-electron chi connectivity index (χ2n) is 3.98. The maximum Gasteiger partial charge on any atom is 0.0555 e. The van der Waals surface area contributed by atoms with E-state index in [9.17, 15) is 0 Å². The lowest BCUT2D eigenvalue weighted by molar-refractivity contribution is 0.996. The van der Waals surface area contributed by atoms with Gasteiger partial charge in [0.1, 0.15) is 0 Å². The second-order valence-corrected chi connectivity index (χ2v) is 4.84. The van der Waals surface area contributed by atoms with Gasteiger partial charge in [0.2, 0.25) is 0 Å². The summed E-state index contributed by atoms with van der Waals surface area (Å²) in [5, 5.41) is 0. The molecule has 1 heterocycles. The molecule has 3 rings (SSSR count). The molecule has 2 aromatic carbocycles. The largest absolute Gasteiger partial charge is 0.340 e. The van der Waals surface area contributed by atoms with E-state index in [2.05, 4.69) is 69.4 Å². The zero-order valence-corrected chi connectivity index (χ0v) is 10.4. The summed E-state index contributed by atoms with van der Waals surface area (Å²) >= 11 is 3.62. The fraction of sp³-hybridized carbons (Fsp3) is 0.143. The summed E-state index contributed by atoms with van der Waals surface area (Å²) in [5.41, 5.74) is 4.04. The standard InChI is InChI=1S/C14H12BrN/c15-12-6-2-4-8-14(12)16-10-9-11-5-1-3-7-13(11)16/h1-8H,9-10H2. The van der Waals surface area contributed by atoms with Gasteiger partial charge in [-0.3, -0.25) is 0 Å². The van der Waals surface area contributed by atoms with Crippen molar-refractivity contribution in [3.8, 4) is 0 Å². The van der Waals surface area contributed by atoms with Gasteiger partial charge in [-0.1, -0.05) is 30.3 Å². The van der Waals surface area contributed by atoms with Crippen molar-refractivity contribution in [2.45, 2.75) is 6.42 Å². The summed E-state index contributed by atoms with van der Waals surface area (Å²) in [6.07, 6.45) is 1.14. The average Bonchev–Trinajstić information content (AvgIpc) is 2.74. The van der Waals surface area contributed by atoms with Crippen LogP contribution in [-0.2, 0) is 6.42 Å². The molecule has 0 unspecified atom stereocenters. The van der Waals surface area contributed by atoms with Crippen LogP contribution < -0.4 is 4.90 Å². The first-order chi connectivity index (χ1) is 7.86. The normalized spacial score (nSPS) is 13.9. The van der Waals surface area contributed by atoms with Crippen LogP contribution in [0.15, 0.2) is 53.0 Å². The van der Waals surface area contributed by atoms with Gasteiger partial charge in [0, 0.05) is 16.7 Å². The van der Waals surface area contributed by atoms with Crippen molar-refractivity contribution in [3.63, 3.8) is 0 Å². The van der Waals surface area contributed by atoms with E-state index in [1.807, 2.05) is 0 Å². The molecule has 0 radical (unpaired) electrons. The summed E-state index contributed by atoms with van der Waals surface area (Å²) < 4.78 is 1.16. The Labute approximate surface area is 104 Å². The van der Waals surface area contributed by atoms with Gasteiger partial charge in [-0.05, 0) is 46.1 Å². The molecule has 0 atom stereocenters. The molecule has 0 saturated heterocycles. The van der Waals surface area contributed by atoms with E-state index in [-0.39, 0.29) is 0 Å². The monoisotopic (exact) mass is 273 g/mol. The summed E-state index contributed by atoms with van der Waals surface area (Å²) in [4.78, 5) is 2.37. The van der Waals surface area contributed by atoms with Crippen LogP contribution in [0, 0.1) is 0 Å². The molecule has 16 heavy (non-hydrogen) atoms. The predicted molar refractivity (Wildman–Crippen MR) is 71.3 cm³/mol. The minimum absolute atomic E-state index is 1.07. The van der Waals surface area contributed by atoms with Crippen LogP contribution in [0.5, 0.6) is 0 Å². The molecule has 1 nitrogen and oxygen atoms in total. The SMILES string of the molecule is Brc1ccccc1N1CCc2ccccc21. The second kappa shape index (κ2) is 3.95. The van der Waals surface area contributed by atoms with Crippen molar-refractivity contribution in [1.82, 2.24) is 0 Å². The molecule has 0 aromatic heterocycles. The highest BCUT2D eigenvalue weighted by molar-refractivity contribution is 9.10. The third-order valence-corrected chi connectivity index (χ3v) is 3.70. The van der Waals surface area contributed by atoms with Crippen molar-refractivity contribution in [3.05, 3.63) is 58.6 Å². The molecule has 2 heteroatoms. The summed E-state index contributed by atoms with van der Waals surface area (Å²) in [6, 6.07) is 17.0. The van der Waals surface area contributed by atoms with Gasteiger partial charge in [-0.15, -0.1) is 0 Å². The fourth-order valence-electron chi connectivity index (χ4n) is 2.26. The Bertz CT molecular complexity index is 522. The topological polar surface area (TPSA) is 3.24 Å². The van der Waals surface area contributed by atoms with E-state index in [0.717, 1.165) is 17.4 Å². The van der Waals surface area contributed by atoms with E-state index in [1.54, 1.807) is 0 Å². The van der Waals surface area contributed by atoms with Crippen molar-refractivity contribution >= 4 is 27.3 Å². The molecule has 1 aliphatic rings. The summed E-state index contributed by atoms with van der Waals surface area (Å²) in [7, 11) is 0. The molecule has 1 aliphatic heterocycles. The third kappa shape index (κ3) is 1.54. The van der Waals surface area contributed by atoms with Gasteiger partial charge in [0.15, 0.2) is 0 Å². The molecular weight excluding hydrogens is 262 g/mol. The molecule has 0 saturated carbocycles. The molecule has 0 amide bonds. The minimum Gasteiger partial charge on any atom is -0.340 e. The van der Waals surface area contributed by atoms with Crippen LogP contribution >= 0.6 is 15.9 Å². The van der Waals surface area contributed by atoms with Crippen molar-refractivity contribution in [1.29, 1.82) is 0 Å². The van der Waals surface area contributed by atoms with Gasteiger partial charge >= 0.3 is 0 Å². The van der Waals surface area contributed by atoms with E-state index in [4.69, 9.17) is 0 Å². The Balaban J connectivity index is 2.08. The van der Waals surface area contributed by atoms with E-state index in [0.29, 0.717) is 0 Å². The van der Waals surface area contributed by atoms with Gasteiger partial charge in [0.05, 0.1) is 5.69 Å². The maximum absolute atomic E-state index is 3.62. The highest BCUT2D eigenvalue weighted by Gasteiger charge is 2.20. The Morgan fingerprint density at radius 3 is 2.38 bits per heavy atom. The third-order valence-electron chi connectivity index (χ3n) is 3.03. The number of nitrogens with zero attached hydrogens (tertiary/aromatic N) is 1. The summed E-state index contributed by atoms with van der Waals surface area (Å²) in [6.45, 7) is 1.07. The molecule has 0 bridgehead atoms. The zero-order chi connectivity index (χ0) is 11.0. The Kier molecular flexibility index (Phi) is 2.44. The number of anilines is 2. The number of benzene rings is 2. The lowest BCUT2D eigenvalue weighted by atomic mass is 10.2. The first-order valence-electron chi connectivity index (χ1n) is 5.46. The molecule has 0 spiro atoms. The van der Waals surface area contributed by atoms with Crippen molar-refractivity contribution < 1.29 is 0 Å². The summed E-state index contributed by atoms with van der Waals surface area (Å²) in [5.74, 6) is 0. The average molecular weight is 274 g/mol. The zero-order valence-electron chi connectivity index (χ0n) is 8.86. The number of rotatable bonds is 1. The molecule has 0 N–H and O–H groups in total. The number of halogens is 1. The smallest absolute Gasteiger partial charge is 0.0555 e. The first kappa shape index (κ1) is 9.91. The highest BCUT2D eigenvalue weighted by Crippen LogP contribution is 2.37. The minimum atomic E-state index is 1.07. The van der Waals surface area contributed by atoms with Crippen LogP contribution in [0.25, 0.3) is 0 Å². The van der Waals surface area contributed by atoms with Crippen LogP contribution in [0.3, 0.4) is 0 Å². The van der Waals surface area contributed by atoms with Gasteiger partial charge in [-0.2, -0.15) is 0 Å². The Hall–Kier alpha value is -1.28. The van der Waals surface area contributed by atoms with Gasteiger partial charge in [0.25, 0.3) is 0 Å². The molecule has 0 aliphatic carbocycles. The van der Waals surface area contributed by atoms with E-state index >= 15 is 0 Å². The quantitative estimate of drug-likeness (QED) is 0.755. The van der Waals surface area contributed by atoms with Gasteiger partial charge < -0.3 is 4.90 Å². The maximum atomic E-state index is 3.62. The molecular formula is C14H12BrN. The van der Waals surface area contributed by atoms with Crippen LogP contribution in [0.4, 0.5) is 11.4 Å². The number of hydrogen-bond donors (Lipinski definition) is 0. The van der Waals surface area contributed by atoms with Crippen molar-refractivity contribution in [2.75, 3.05) is 11.4 Å². The fourth-order valence-corrected chi connectivity index (χ4v) is 2.76. The Morgan fingerprint density at radius 1 is 0.875 bits per heavy atom. The lowest BCUT2D eigenvalue weighted by Crippen LogP contribution is -2.13. The van der Waals surface area contributed by atoms with Crippen LogP contribution in [0.1, 0.15) is 5.56 Å². The van der Waals surface area contributed by atoms with Gasteiger partial charge in [-0.25, -0.2) is 0 Å². The molecule has 0 fully saturated rings. The molecule has 2 aromatic rings. The van der Waals surface area contributed by atoms with E-state index < -0.39 is 0 Å². The predicted octanol–water partition coefficient (Wildman–Crippen LogP) is 4.14. The van der Waals surface area contributed by atoms with Crippen molar-refractivity contribution in [2.24, 2.45) is 0 Å². The number of fused-ring (bicyclic) bond motifs is 1. The number of hydrogen-bond acceptors (Lipinski definition) is 1. The number of para-hydroxylation sites is 2.